The number of alkyl halides is 3. The monoisotopic (exact) mass is 313 g/mol. The maximum atomic E-state index is 12.5. The molecule has 0 aliphatic heterocycles. The topological polar surface area (TPSA) is 39.4 Å². The molecule has 21 heavy (non-hydrogen) atoms. The number of hydrogen-bond acceptors (Lipinski definition) is 3. The van der Waals surface area contributed by atoms with E-state index in [1.807, 2.05) is 0 Å². The first-order valence-electron chi connectivity index (χ1n) is 5.79. The number of fused-ring (bicyclic) bond motifs is 1. The van der Waals surface area contributed by atoms with E-state index >= 15 is 0 Å². The summed E-state index contributed by atoms with van der Waals surface area (Å²) < 4.78 is 42.8. The van der Waals surface area contributed by atoms with E-state index in [4.69, 9.17) is 11.6 Å². The van der Waals surface area contributed by atoms with Gasteiger partial charge in [0.1, 0.15) is 10.9 Å². The van der Waals surface area contributed by atoms with Crippen molar-refractivity contribution in [3.8, 4) is 17.0 Å². The number of hydrogen-bond donors (Lipinski definition) is 0. The van der Waals surface area contributed by atoms with Gasteiger partial charge in [-0.05, 0) is 24.3 Å². The molecule has 0 saturated carbocycles. The number of imidazole rings is 1. The van der Waals surface area contributed by atoms with Crippen molar-refractivity contribution in [2.45, 2.75) is 6.36 Å². The molecule has 0 unspecified atom stereocenters. The lowest BCUT2D eigenvalue weighted by Crippen LogP contribution is -2.17. The summed E-state index contributed by atoms with van der Waals surface area (Å²) in [6.07, 6.45) is -3.36. The maximum Gasteiger partial charge on any atom is 0.573 e. The molecule has 1 aromatic carbocycles. The highest BCUT2D eigenvalue weighted by molar-refractivity contribution is 6.29. The molecule has 0 saturated heterocycles. The van der Waals surface area contributed by atoms with Crippen molar-refractivity contribution in [1.82, 2.24) is 14.6 Å². The Morgan fingerprint density at radius 2 is 1.86 bits per heavy atom. The van der Waals surface area contributed by atoms with Gasteiger partial charge in [0.2, 0.25) is 0 Å². The van der Waals surface area contributed by atoms with Gasteiger partial charge in [-0.25, -0.2) is 9.50 Å². The van der Waals surface area contributed by atoms with Crippen LogP contribution in [0.4, 0.5) is 13.2 Å². The van der Waals surface area contributed by atoms with Gasteiger partial charge in [0.25, 0.3) is 0 Å². The largest absolute Gasteiger partial charge is 0.573 e. The molecule has 0 aliphatic rings. The fraction of sp³-hybridized carbons (Fsp3) is 0.0769. The minimum absolute atomic E-state index is 0.205. The Hall–Kier alpha value is -2.28. The molecule has 0 amide bonds. The predicted molar refractivity (Wildman–Crippen MR) is 70.1 cm³/mol. The van der Waals surface area contributed by atoms with Gasteiger partial charge in [0, 0.05) is 5.56 Å². The molecule has 2 heterocycles. The summed E-state index contributed by atoms with van der Waals surface area (Å²) in [5, 5.41) is 4.24. The summed E-state index contributed by atoms with van der Waals surface area (Å²) in [6, 6.07) is 8.94. The molecule has 8 heteroatoms. The summed E-state index contributed by atoms with van der Waals surface area (Å²) >= 11 is 5.81. The Morgan fingerprint density at radius 3 is 2.62 bits per heavy atom. The van der Waals surface area contributed by atoms with Gasteiger partial charge >= 0.3 is 6.36 Å². The Balaban J connectivity index is 2.17. The lowest BCUT2D eigenvalue weighted by Gasteiger charge is -2.12. The maximum absolute atomic E-state index is 12.5. The van der Waals surface area contributed by atoms with E-state index in [1.165, 1.54) is 28.9 Å². The third-order valence-corrected chi connectivity index (χ3v) is 2.92. The second-order valence-electron chi connectivity index (χ2n) is 4.11. The van der Waals surface area contributed by atoms with Gasteiger partial charge < -0.3 is 4.74 Å². The third kappa shape index (κ3) is 2.78. The van der Waals surface area contributed by atoms with Crippen molar-refractivity contribution in [3.63, 3.8) is 0 Å². The van der Waals surface area contributed by atoms with Gasteiger partial charge in [0.05, 0.1) is 11.9 Å². The molecule has 0 fully saturated rings. The van der Waals surface area contributed by atoms with Crippen LogP contribution in [0.5, 0.6) is 5.75 Å². The van der Waals surface area contributed by atoms with Crippen LogP contribution >= 0.6 is 11.6 Å². The van der Waals surface area contributed by atoms with Crippen molar-refractivity contribution in [2.24, 2.45) is 0 Å². The van der Waals surface area contributed by atoms with Gasteiger partial charge in [-0.15, -0.1) is 13.2 Å². The number of rotatable bonds is 2. The summed E-state index contributed by atoms with van der Waals surface area (Å²) in [6.45, 7) is 0. The second kappa shape index (κ2) is 4.92. The van der Waals surface area contributed by atoms with Crippen LogP contribution in [0.3, 0.4) is 0 Å². The first kappa shape index (κ1) is 13.7. The van der Waals surface area contributed by atoms with E-state index < -0.39 is 6.36 Å². The molecular formula is C13H7ClF3N3O. The highest BCUT2D eigenvalue weighted by Gasteiger charge is 2.32. The van der Waals surface area contributed by atoms with Gasteiger partial charge in [-0.1, -0.05) is 23.7 Å². The lowest BCUT2D eigenvalue weighted by molar-refractivity contribution is -0.274. The highest BCUT2D eigenvalue weighted by atomic mass is 35.5. The Kier molecular flexibility index (Phi) is 3.21. The summed E-state index contributed by atoms with van der Waals surface area (Å²) in [7, 11) is 0. The van der Waals surface area contributed by atoms with E-state index in [-0.39, 0.29) is 16.5 Å². The Labute approximate surface area is 121 Å². The van der Waals surface area contributed by atoms with Crippen molar-refractivity contribution < 1.29 is 17.9 Å². The molecule has 3 aromatic rings. The summed E-state index contributed by atoms with van der Waals surface area (Å²) in [4.78, 5) is 4.08. The molecule has 2 aromatic heterocycles. The van der Waals surface area contributed by atoms with Crippen molar-refractivity contribution in [3.05, 3.63) is 47.7 Å². The van der Waals surface area contributed by atoms with Gasteiger partial charge in [-0.3, -0.25) is 0 Å². The molecule has 0 N–H and O–H groups in total. The SMILES string of the molecule is FC(F)(F)Oc1ccccc1-c1cnc2ccc(Cl)nn12. The third-order valence-electron chi connectivity index (χ3n) is 2.72. The van der Waals surface area contributed by atoms with Crippen LogP contribution in [0.15, 0.2) is 42.6 Å². The Morgan fingerprint density at radius 1 is 1.10 bits per heavy atom. The van der Waals surface area contributed by atoms with Crippen LogP contribution in [0.1, 0.15) is 0 Å². The minimum Gasteiger partial charge on any atom is -0.405 e. The lowest BCUT2D eigenvalue weighted by atomic mass is 10.1. The molecule has 4 nitrogen and oxygen atoms in total. The summed E-state index contributed by atoms with van der Waals surface area (Å²) in [5.41, 5.74) is 1.04. The zero-order valence-electron chi connectivity index (χ0n) is 10.3. The van der Waals surface area contributed by atoms with Crippen LogP contribution in [-0.2, 0) is 0 Å². The number of nitrogens with zero attached hydrogens (tertiary/aromatic N) is 3. The predicted octanol–water partition coefficient (Wildman–Crippen LogP) is 3.95. The minimum atomic E-state index is -4.78. The van der Waals surface area contributed by atoms with Crippen LogP contribution in [0.25, 0.3) is 16.9 Å². The van der Waals surface area contributed by atoms with Gasteiger partial charge in [0.15, 0.2) is 5.65 Å². The zero-order valence-corrected chi connectivity index (χ0v) is 11.1. The van der Waals surface area contributed by atoms with Gasteiger partial charge in [-0.2, -0.15) is 5.10 Å². The molecule has 0 bridgehead atoms. The van der Waals surface area contributed by atoms with Crippen LogP contribution < -0.4 is 4.74 Å². The number of ether oxygens (including phenoxy) is 1. The fourth-order valence-corrected chi connectivity index (χ4v) is 2.07. The van der Waals surface area contributed by atoms with E-state index in [1.54, 1.807) is 18.2 Å². The number of aromatic nitrogens is 3. The first-order chi connectivity index (χ1) is 9.94. The average molecular weight is 314 g/mol. The quantitative estimate of drug-likeness (QED) is 0.719. The first-order valence-corrected chi connectivity index (χ1v) is 6.17. The highest BCUT2D eigenvalue weighted by Crippen LogP contribution is 2.33. The molecule has 0 radical (unpaired) electrons. The normalized spacial score (nSPS) is 11.8. The van der Waals surface area contributed by atoms with Crippen LogP contribution in [-0.4, -0.2) is 21.0 Å². The van der Waals surface area contributed by atoms with E-state index in [0.717, 1.165) is 0 Å². The summed E-state index contributed by atoms with van der Waals surface area (Å²) in [5.74, 6) is -0.325. The van der Waals surface area contributed by atoms with E-state index in [2.05, 4.69) is 14.8 Å². The van der Waals surface area contributed by atoms with Crippen molar-refractivity contribution in [1.29, 1.82) is 0 Å². The second-order valence-corrected chi connectivity index (χ2v) is 4.50. The average Bonchev–Trinajstić information content (AvgIpc) is 2.80. The van der Waals surface area contributed by atoms with Crippen molar-refractivity contribution in [2.75, 3.05) is 0 Å². The van der Waals surface area contributed by atoms with Crippen molar-refractivity contribution >= 4 is 17.2 Å². The smallest absolute Gasteiger partial charge is 0.405 e. The molecule has 3 rings (SSSR count). The zero-order chi connectivity index (χ0) is 15.0. The van der Waals surface area contributed by atoms with E-state index in [9.17, 15) is 13.2 Å². The molecular weight excluding hydrogens is 307 g/mol. The molecule has 0 aliphatic carbocycles. The van der Waals surface area contributed by atoms with E-state index in [0.29, 0.717) is 11.3 Å². The fourth-order valence-electron chi connectivity index (χ4n) is 1.93. The Bertz CT molecular complexity index is 801. The van der Waals surface area contributed by atoms with Crippen LogP contribution in [0, 0.1) is 0 Å². The molecule has 0 atom stereocenters. The number of benzene rings is 1. The molecule has 0 spiro atoms. The standard InChI is InChI=1S/C13H7ClF3N3O/c14-11-5-6-12-18-7-9(20(12)19-11)8-3-1-2-4-10(8)21-13(15,16)17/h1-7H. The molecule has 108 valence electrons. The van der Waals surface area contributed by atoms with Crippen LogP contribution in [0.2, 0.25) is 5.15 Å². The number of halogens is 4. The number of para-hydroxylation sites is 1.